The fourth-order valence-electron chi connectivity index (χ4n) is 3.65. The van der Waals surface area contributed by atoms with Crippen molar-refractivity contribution in [3.05, 3.63) is 33.0 Å². The third kappa shape index (κ3) is 3.24. The second-order valence-electron chi connectivity index (χ2n) is 6.80. The van der Waals surface area contributed by atoms with Crippen LogP contribution in [0.15, 0.2) is 6.20 Å². The van der Waals surface area contributed by atoms with Crippen molar-refractivity contribution in [1.29, 1.82) is 0 Å². The Hall–Kier alpha value is -1.69. The normalized spacial score (nSPS) is 17.0. The summed E-state index contributed by atoms with van der Waals surface area (Å²) in [5.74, 6) is 0.467. The fourth-order valence-corrected chi connectivity index (χ4v) is 4.56. The van der Waals surface area contributed by atoms with E-state index in [2.05, 4.69) is 22.1 Å². The largest absolute Gasteiger partial charge is 0.333 e. The van der Waals surface area contributed by atoms with Crippen LogP contribution in [0.3, 0.4) is 0 Å². The lowest BCUT2D eigenvalue weighted by molar-refractivity contribution is 0.0738. The molecule has 1 N–H and O–H groups in total. The molecular formula is C18H26N4OS. The summed E-state index contributed by atoms with van der Waals surface area (Å²) in [5, 5.41) is 8.31. The Bertz CT molecular complexity index is 714. The van der Waals surface area contributed by atoms with Crippen molar-refractivity contribution in [3.63, 3.8) is 0 Å². The zero-order valence-electron chi connectivity index (χ0n) is 14.9. The molecule has 0 bridgehead atoms. The van der Waals surface area contributed by atoms with Gasteiger partial charge in [-0.1, -0.05) is 19.3 Å². The van der Waals surface area contributed by atoms with Gasteiger partial charge in [0.05, 0.1) is 34.2 Å². The van der Waals surface area contributed by atoms with Crippen LogP contribution in [0.5, 0.6) is 0 Å². The van der Waals surface area contributed by atoms with Crippen molar-refractivity contribution >= 4 is 17.2 Å². The van der Waals surface area contributed by atoms with Gasteiger partial charge in [-0.2, -0.15) is 5.10 Å². The molecule has 5 nitrogen and oxygen atoms in total. The Labute approximate surface area is 147 Å². The highest BCUT2D eigenvalue weighted by Crippen LogP contribution is 2.34. The second kappa shape index (κ2) is 7.05. The van der Waals surface area contributed by atoms with Crippen LogP contribution in [0.2, 0.25) is 0 Å². The smallest absolute Gasteiger partial charge is 0.257 e. The van der Waals surface area contributed by atoms with Crippen LogP contribution in [-0.4, -0.2) is 33.0 Å². The van der Waals surface area contributed by atoms with E-state index < -0.39 is 0 Å². The van der Waals surface area contributed by atoms with Crippen molar-refractivity contribution in [3.8, 4) is 0 Å². The predicted octanol–water partition coefficient (Wildman–Crippen LogP) is 4.36. The monoisotopic (exact) mass is 346 g/mol. The van der Waals surface area contributed by atoms with Crippen LogP contribution in [-0.2, 0) is 0 Å². The van der Waals surface area contributed by atoms with Gasteiger partial charge in [-0.25, -0.2) is 4.98 Å². The number of H-pyrrole nitrogens is 1. The van der Waals surface area contributed by atoms with Crippen LogP contribution in [0.25, 0.3) is 0 Å². The fraction of sp³-hybridized carbons (Fsp3) is 0.611. The number of carbonyl (C=O) groups excluding carboxylic acids is 1. The summed E-state index contributed by atoms with van der Waals surface area (Å²) < 4.78 is 0. The second-order valence-corrected chi connectivity index (χ2v) is 8.21. The number of carbonyl (C=O) groups is 1. The van der Waals surface area contributed by atoms with Crippen LogP contribution in [0.4, 0.5) is 0 Å². The maximum atomic E-state index is 13.0. The number of aromatic nitrogens is 3. The molecule has 1 aliphatic rings. The first-order valence-electron chi connectivity index (χ1n) is 8.73. The van der Waals surface area contributed by atoms with Gasteiger partial charge in [-0.3, -0.25) is 9.89 Å². The van der Waals surface area contributed by atoms with Crippen molar-refractivity contribution in [1.82, 2.24) is 20.1 Å². The lowest BCUT2D eigenvalue weighted by atomic mass is 9.85. The van der Waals surface area contributed by atoms with Gasteiger partial charge in [0.25, 0.3) is 5.91 Å². The Morgan fingerprint density at radius 1 is 1.33 bits per heavy atom. The minimum absolute atomic E-state index is 0.0295. The summed E-state index contributed by atoms with van der Waals surface area (Å²) >= 11 is 1.68. The highest BCUT2D eigenvalue weighted by molar-refractivity contribution is 7.11. The minimum atomic E-state index is -0.0449. The van der Waals surface area contributed by atoms with Crippen LogP contribution in [0, 0.1) is 13.8 Å². The Kier molecular flexibility index (Phi) is 5.04. The van der Waals surface area contributed by atoms with Crippen molar-refractivity contribution in [2.45, 2.75) is 64.8 Å². The highest BCUT2D eigenvalue weighted by Gasteiger charge is 2.28. The first-order valence-corrected chi connectivity index (χ1v) is 9.55. The topological polar surface area (TPSA) is 61.9 Å². The molecule has 0 aromatic carbocycles. The van der Waals surface area contributed by atoms with Gasteiger partial charge in [0.1, 0.15) is 0 Å². The molecule has 0 radical (unpaired) electrons. The first kappa shape index (κ1) is 17.1. The summed E-state index contributed by atoms with van der Waals surface area (Å²) in [4.78, 5) is 20.6. The lowest BCUT2D eigenvalue weighted by Gasteiger charge is -2.26. The highest BCUT2D eigenvalue weighted by atomic mass is 32.1. The molecule has 2 aromatic heterocycles. The van der Waals surface area contributed by atoms with Crippen molar-refractivity contribution in [2.24, 2.45) is 0 Å². The average Bonchev–Trinajstić information content (AvgIpc) is 3.20. The number of rotatable bonds is 4. The Morgan fingerprint density at radius 3 is 2.67 bits per heavy atom. The van der Waals surface area contributed by atoms with Gasteiger partial charge in [0.2, 0.25) is 0 Å². The van der Waals surface area contributed by atoms with Crippen LogP contribution >= 0.6 is 11.3 Å². The van der Waals surface area contributed by atoms with E-state index in [1.807, 2.05) is 20.9 Å². The molecule has 1 fully saturated rings. The maximum Gasteiger partial charge on any atom is 0.257 e. The number of thiazole rings is 1. The number of aryl methyl sites for hydroxylation is 2. The summed E-state index contributed by atoms with van der Waals surface area (Å²) in [6.07, 6.45) is 7.75. The molecule has 1 aliphatic carbocycles. The number of nitrogens with zero attached hydrogens (tertiary/aromatic N) is 3. The Morgan fingerprint density at radius 2 is 2.04 bits per heavy atom. The Balaban J connectivity index is 1.81. The van der Waals surface area contributed by atoms with E-state index in [1.54, 1.807) is 22.4 Å². The van der Waals surface area contributed by atoms with E-state index in [1.165, 1.54) is 24.1 Å². The van der Waals surface area contributed by atoms with Gasteiger partial charge < -0.3 is 4.90 Å². The molecule has 6 heteroatoms. The zero-order chi connectivity index (χ0) is 17.3. The van der Waals surface area contributed by atoms with E-state index >= 15 is 0 Å². The molecule has 24 heavy (non-hydrogen) atoms. The molecule has 2 heterocycles. The average molecular weight is 347 g/mol. The van der Waals surface area contributed by atoms with Crippen LogP contribution < -0.4 is 0 Å². The molecule has 3 rings (SSSR count). The van der Waals surface area contributed by atoms with Gasteiger partial charge in [0.15, 0.2) is 0 Å². The van der Waals surface area contributed by atoms with E-state index in [4.69, 9.17) is 0 Å². The molecular weight excluding hydrogens is 320 g/mol. The number of hydrogen-bond acceptors (Lipinski definition) is 4. The molecule has 0 spiro atoms. The number of aromatic amines is 1. The quantitative estimate of drug-likeness (QED) is 0.894. The molecule has 1 saturated carbocycles. The van der Waals surface area contributed by atoms with Gasteiger partial charge in [-0.05, 0) is 33.6 Å². The van der Waals surface area contributed by atoms with Crippen molar-refractivity contribution in [2.75, 3.05) is 7.05 Å². The van der Waals surface area contributed by atoms with E-state index in [0.717, 1.165) is 34.8 Å². The summed E-state index contributed by atoms with van der Waals surface area (Å²) in [5.41, 5.74) is 2.74. The molecule has 2 aromatic rings. The molecule has 0 aliphatic heterocycles. The minimum Gasteiger partial charge on any atom is -0.333 e. The summed E-state index contributed by atoms with van der Waals surface area (Å²) in [6, 6.07) is -0.0449. The van der Waals surface area contributed by atoms with Crippen molar-refractivity contribution < 1.29 is 4.79 Å². The van der Waals surface area contributed by atoms with E-state index in [0.29, 0.717) is 5.92 Å². The molecule has 0 saturated heterocycles. The predicted molar refractivity (Wildman–Crippen MR) is 96.5 cm³/mol. The molecule has 130 valence electrons. The SMILES string of the molecule is Cc1nc(C(C)N(C)C(=O)c2cn[nH]c2C2CCCCC2)c(C)s1. The summed E-state index contributed by atoms with van der Waals surface area (Å²) in [6.45, 7) is 6.12. The lowest BCUT2D eigenvalue weighted by Crippen LogP contribution is -2.31. The third-order valence-electron chi connectivity index (χ3n) is 5.15. The molecule has 1 amide bonds. The van der Waals surface area contributed by atoms with Gasteiger partial charge >= 0.3 is 0 Å². The number of hydrogen-bond donors (Lipinski definition) is 1. The first-order chi connectivity index (χ1) is 11.5. The summed E-state index contributed by atoms with van der Waals surface area (Å²) in [7, 11) is 1.86. The van der Waals surface area contributed by atoms with Gasteiger partial charge in [-0.15, -0.1) is 11.3 Å². The van der Waals surface area contributed by atoms with Crippen LogP contribution in [0.1, 0.15) is 82.6 Å². The number of amides is 1. The van der Waals surface area contributed by atoms with Gasteiger partial charge in [0, 0.05) is 17.8 Å². The standard InChI is InChI=1S/C18H26N4OS/c1-11(16-12(2)24-13(3)20-16)22(4)18(23)15-10-19-21-17(15)14-8-6-5-7-9-14/h10-11,14H,5-9H2,1-4H3,(H,19,21). The van der Waals surface area contributed by atoms with E-state index in [9.17, 15) is 4.79 Å². The molecule has 1 atom stereocenters. The zero-order valence-corrected chi connectivity index (χ0v) is 15.7. The van der Waals surface area contributed by atoms with E-state index in [-0.39, 0.29) is 11.9 Å². The number of nitrogens with one attached hydrogen (secondary N) is 1. The maximum absolute atomic E-state index is 13.0. The third-order valence-corrected chi connectivity index (χ3v) is 6.05. The molecule has 1 unspecified atom stereocenters.